The van der Waals surface area contributed by atoms with E-state index in [0.29, 0.717) is 25.3 Å². The van der Waals surface area contributed by atoms with Crippen LogP contribution >= 0.6 is 0 Å². The summed E-state index contributed by atoms with van der Waals surface area (Å²) in [5.41, 5.74) is 9.49. The van der Waals surface area contributed by atoms with E-state index in [1.807, 2.05) is 36.4 Å². The van der Waals surface area contributed by atoms with Gasteiger partial charge in [0.1, 0.15) is 12.4 Å². The van der Waals surface area contributed by atoms with E-state index in [1.54, 1.807) is 12.1 Å². The largest absolute Gasteiger partial charge is 0.489 e. The second kappa shape index (κ2) is 8.91. The Kier molecular flexibility index (Phi) is 6.34. The van der Waals surface area contributed by atoms with E-state index < -0.39 is 10.0 Å². The summed E-state index contributed by atoms with van der Waals surface area (Å²) in [4.78, 5) is 0.210. The number of nitrogens with two attached hydrogens (primary N) is 1. The Morgan fingerprint density at radius 3 is 2.32 bits per heavy atom. The fourth-order valence-corrected chi connectivity index (χ4v) is 3.81. The van der Waals surface area contributed by atoms with E-state index in [2.05, 4.69) is 23.8 Å². The quantitative estimate of drug-likeness (QED) is 0.569. The molecule has 3 aromatic rings. The number of rotatable bonds is 8. The van der Waals surface area contributed by atoms with Gasteiger partial charge < -0.3 is 10.5 Å². The number of aryl methyl sites for hydroxylation is 1. The van der Waals surface area contributed by atoms with E-state index >= 15 is 0 Å². The van der Waals surface area contributed by atoms with Crippen molar-refractivity contribution in [3.8, 4) is 5.75 Å². The molecule has 0 aliphatic rings. The number of nitrogen functional groups attached to an aromatic ring is 1. The zero-order valence-corrected chi connectivity index (χ0v) is 16.6. The van der Waals surface area contributed by atoms with Crippen molar-refractivity contribution in [2.75, 3.05) is 12.3 Å². The van der Waals surface area contributed by atoms with Crippen LogP contribution in [0.4, 0.5) is 5.69 Å². The molecule has 0 heterocycles. The second-order valence-corrected chi connectivity index (χ2v) is 8.41. The van der Waals surface area contributed by atoms with Crippen LogP contribution in [0.5, 0.6) is 5.75 Å². The van der Waals surface area contributed by atoms with E-state index in [-0.39, 0.29) is 4.90 Å². The van der Waals surface area contributed by atoms with Gasteiger partial charge in [-0.2, -0.15) is 0 Å². The average molecular weight is 397 g/mol. The number of hydrogen-bond acceptors (Lipinski definition) is 4. The van der Waals surface area contributed by atoms with Crippen LogP contribution in [0.3, 0.4) is 0 Å². The fraction of sp³-hybridized carbons (Fsp3) is 0.182. The van der Waals surface area contributed by atoms with E-state index in [0.717, 1.165) is 16.9 Å². The maximum absolute atomic E-state index is 12.3. The minimum Gasteiger partial charge on any atom is -0.489 e. The van der Waals surface area contributed by atoms with Crippen molar-refractivity contribution in [2.45, 2.75) is 24.8 Å². The molecule has 146 valence electrons. The summed E-state index contributed by atoms with van der Waals surface area (Å²) in [6.45, 7) is 2.89. The van der Waals surface area contributed by atoms with E-state index in [1.165, 1.54) is 17.7 Å². The van der Waals surface area contributed by atoms with E-state index in [4.69, 9.17) is 10.5 Å². The summed E-state index contributed by atoms with van der Waals surface area (Å²) in [5.74, 6) is 0.785. The Hall–Kier alpha value is -2.83. The third kappa shape index (κ3) is 5.58. The molecule has 0 amide bonds. The molecule has 3 aromatic carbocycles. The number of hydrogen-bond donors (Lipinski definition) is 2. The number of nitrogens with one attached hydrogen (secondary N) is 1. The maximum atomic E-state index is 12.3. The minimum absolute atomic E-state index is 0.210. The smallest absolute Gasteiger partial charge is 0.240 e. The molecule has 0 fully saturated rings. The fourth-order valence-electron chi connectivity index (χ4n) is 2.78. The van der Waals surface area contributed by atoms with Gasteiger partial charge >= 0.3 is 0 Å². The van der Waals surface area contributed by atoms with Crippen molar-refractivity contribution >= 4 is 15.7 Å². The molecule has 28 heavy (non-hydrogen) atoms. The summed E-state index contributed by atoms with van der Waals surface area (Å²) >= 11 is 0. The number of anilines is 1. The van der Waals surface area contributed by atoms with Crippen LogP contribution in [0.1, 0.15) is 16.7 Å². The van der Waals surface area contributed by atoms with Crippen molar-refractivity contribution < 1.29 is 13.2 Å². The lowest BCUT2D eigenvalue weighted by Crippen LogP contribution is -2.26. The number of benzene rings is 3. The van der Waals surface area contributed by atoms with Crippen molar-refractivity contribution in [3.63, 3.8) is 0 Å². The average Bonchev–Trinajstić information content (AvgIpc) is 2.68. The van der Waals surface area contributed by atoms with Crippen LogP contribution in [0.2, 0.25) is 0 Å². The predicted molar refractivity (Wildman–Crippen MR) is 112 cm³/mol. The van der Waals surface area contributed by atoms with Crippen molar-refractivity contribution in [3.05, 3.63) is 89.5 Å². The van der Waals surface area contributed by atoms with Gasteiger partial charge in [-0.25, -0.2) is 13.1 Å². The number of sulfonamides is 1. The summed E-state index contributed by atoms with van der Waals surface area (Å²) in [6.07, 6.45) is 0.590. The first kappa shape index (κ1) is 19.9. The van der Waals surface area contributed by atoms with Crippen LogP contribution in [-0.2, 0) is 23.1 Å². The molecule has 6 heteroatoms. The van der Waals surface area contributed by atoms with Crippen LogP contribution in [0.25, 0.3) is 0 Å². The predicted octanol–water partition coefficient (Wildman–Crippen LogP) is 3.68. The third-order valence-electron chi connectivity index (χ3n) is 4.31. The molecule has 0 bridgehead atoms. The Balaban J connectivity index is 1.49. The van der Waals surface area contributed by atoms with Crippen molar-refractivity contribution in [2.24, 2.45) is 0 Å². The topological polar surface area (TPSA) is 81.4 Å². The molecule has 0 aliphatic heterocycles. The van der Waals surface area contributed by atoms with Gasteiger partial charge in [0.05, 0.1) is 4.90 Å². The molecular weight excluding hydrogens is 372 g/mol. The molecule has 3 rings (SSSR count). The van der Waals surface area contributed by atoms with Gasteiger partial charge in [-0.3, -0.25) is 0 Å². The first-order valence-electron chi connectivity index (χ1n) is 9.05. The van der Waals surface area contributed by atoms with Gasteiger partial charge in [-0.05, 0) is 60.9 Å². The molecule has 0 aromatic heterocycles. The van der Waals surface area contributed by atoms with Gasteiger partial charge in [-0.15, -0.1) is 0 Å². The Labute approximate surface area is 166 Å². The van der Waals surface area contributed by atoms with Crippen LogP contribution in [0, 0.1) is 6.92 Å². The lowest BCUT2D eigenvalue weighted by molar-refractivity contribution is 0.306. The Morgan fingerprint density at radius 2 is 1.64 bits per heavy atom. The lowest BCUT2D eigenvalue weighted by atomic mass is 10.1. The summed E-state index contributed by atoms with van der Waals surface area (Å²) < 4.78 is 32.9. The lowest BCUT2D eigenvalue weighted by Gasteiger charge is -2.09. The highest BCUT2D eigenvalue weighted by Gasteiger charge is 2.12. The highest BCUT2D eigenvalue weighted by atomic mass is 32.2. The highest BCUT2D eigenvalue weighted by Crippen LogP contribution is 2.16. The normalized spacial score (nSPS) is 11.3. The zero-order chi connectivity index (χ0) is 20.0. The van der Waals surface area contributed by atoms with Crippen molar-refractivity contribution in [1.82, 2.24) is 4.72 Å². The summed E-state index contributed by atoms with van der Waals surface area (Å²) in [6, 6.07) is 22.0. The molecule has 0 aliphatic carbocycles. The standard InChI is InChI=1S/C22H24N2O3S/c1-17-3-2-4-19(15-17)16-27-21-9-5-18(6-10-21)13-14-24-28(25,26)22-11-7-20(23)8-12-22/h2-12,15,24H,13-14,16,23H2,1H3. The van der Waals surface area contributed by atoms with Crippen LogP contribution in [-0.4, -0.2) is 15.0 Å². The van der Waals surface area contributed by atoms with Crippen LogP contribution in [0.15, 0.2) is 77.7 Å². The first-order valence-corrected chi connectivity index (χ1v) is 10.5. The minimum atomic E-state index is -3.53. The van der Waals surface area contributed by atoms with Gasteiger partial charge in [0.15, 0.2) is 0 Å². The van der Waals surface area contributed by atoms with Crippen molar-refractivity contribution in [1.29, 1.82) is 0 Å². The second-order valence-electron chi connectivity index (χ2n) is 6.64. The van der Waals surface area contributed by atoms with Gasteiger partial charge in [0, 0.05) is 12.2 Å². The highest BCUT2D eigenvalue weighted by molar-refractivity contribution is 7.89. The number of ether oxygens (including phenoxy) is 1. The summed E-state index contributed by atoms with van der Waals surface area (Å²) in [7, 11) is -3.53. The molecule has 5 nitrogen and oxygen atoms in total. The zero-order valence-electron chi connectivity index (χ0n) is 15.8. The molecule has 0 unspecified atom stereocenters. The third-order valence-corrected chi connectivity index (χ3v) is 5.78. The molecule has 0 atom stereocenters. The first-order chi connectivity index (χ1) is 13.4. The van der Waals surface area contributed by atoms with Gasteiger partial charge in [-0.1, -0.05) is 42.0 Å². The molecular formula is C22H24N2O3S. The molecule has 3 N–H and O–H groups in total. The SMILES string of the molecule is Cc1cccc(COc2ccc(CCNS(=O)(=O)c3ccc(N)cc3)cc2)c1. The van der Waals surface area contributed by atoms with E-state index in [9.17, 15) is 8.42 Å². The Bertz CT molecular complexity index is 1010. The molecule has 0 radical (unpaired) electrons. The maximum Gasteiger partial charge on any atom is 0.240 e. The molecule has 0 saturated carbocycles. The van der Waals surface area contributed by atoms with Gasteiger partial charge in [0.25, 0.3) is 0 Å². The van der Waals surface area contributed by atoms with Gasteiger partial charge in [0.2, 0.25) is 10.0 Å². The molecule has 0 spiro atoms. The molecule has 0 saturated heterocycles. The monoisotopic (exact) mass is 396 g/mol. The van der Waals surface area contributed by atoms with Crippen LogP contribution < -0.4 is 15.2 Å². The summed E-state index contributed by atoms with van der Waals surface area (Å²) in [5, 5.41) is 0. The Morgan fingerprint density at radius 1 is 0.929 bits per heavy atom.